The van der Waals surface area contributed by atoms with Gasteiger partial charge in [-0.25, -0.2) is 4.39 Å². The number of halogens is 3. The molecule has 0 aromatic heterocycles. The second-order valence-electron chi connectivity index (χ2n) is 6.36. The predicted molar refractivity (Wildman–Crippen MR) is 98.5 cm³/mol. The van der Waals surface area contributed by atoms with Crippen molar-refractivity contribution in [3.05, 3.63) is 69.5 Å². The Balaban J connectivity index is 1.73. The molecule has 3 atom stereocenters. The summed E-state index contributed by atoms with van der Waals surface area (Å²) >= 11 is 12.2. The number of carbonyl (C=O) groups excluding carboxylic acids is 1. The number of rotatable bonds is 4. The zero-order chi connectivity index (χ0) is 18.0. The minimum absolute atomic E-state index is 0.0108. The van der Waals surface area contributed by atoms with Crippen molar-refractivity contribution < 1.29 is 9.18 Å². The van der Waals surface area contributed by atoms with E-state index in [1.54, 1.807) is 18.2 Å². The van der Waals surface area contributed by atoms with E-state index in [1.165, 1.54) is 12.1 Å². The molecule has 2 aromatic carbocycles. The van der Waals surface area contributed by atoms with E-state index in [0.29, 0.717) is 23.1 Å². The molecule has 6 heteroatoms. The molecule has 0 aliphatic carbocycles. The van der Waals surface area contributed by atoms with E-state index in [9.17, 15) is 9.18 Å². The number of hydrogen-bond acceptors (Lipinski definition) is 2. The van der Waals surface area contributed by atoms with Crippen molar-refractivity contribution in [1.82, 2.24) is 10.6 Å². The van der Waals surface area contributed by atoms with E-state index in [4.69, 9.17) is 23.2 Å². The van der Waals surface area contributed by atoms with E-state index in [-0.39, 0.29) is 29.6 Å². The average molecular weight is 381 g/mol. The van der Waals surface area contributed by atoms with Crippen LogP contribution in [0.2, 0.25) is 10.0 Å². The first-order chi connectivity index (χ1) is 11.9. The van der Waals surface area contributed by atoms with Crippen LogP contribution < -0.4 is 10.6 Å². The first kappa shape index (κ1) is 18.2. The Morgan fingerprint density at radius 1 is 1.16 bits per heavy atom. The molecule has 132 valence electrons. The standard InChI is InChI=1S/C19H19Cl2FN2O/c1-11(12-2-4-16(22)5-3-12)24-19(25)18-10-23-9-17(18)13-6-14(20)8-15(21)7-13/h2-8,11,17-18,23H,9-10H2,1H3,(H,24,25)/t11-,17-,18+/m0/s1. The summed E-state index contributed by atoms with van der Waals surface area (Å²) in [5, 5.41) is 7.41. The lowest BCUT2D eigenvalue weighted by atomic mass is 9.88. The van der Waals surface area contributed by atoms with Crippen molar-refractivity contribution in [1.29, 1.82) is 0 Å². The summed E-state index contributed by atoms with van der Waals surface area (Å²) in [7, 11) is 0. The molecule has 0 unspecified atom stereocenters. The van der Waals surface area contributed by atoms with Crippen LogP contribution in [-0.4, -0.2) is 19.0 Å². The van der Waals surface area contributed by atoms with E-state index < -0.39 is 0 Å². The van der Waals surface area contributed by atoms with Gasteiger partial charge in [0, 0.05) is 29.1 Å². The summed E-state index contributed by atoms with van der Waals surface area (Å²) in [6.07, 6.45) is 0. The van der Waals surface area contributed by atoms with E-state index in [0.717, 1.165) is 11.1 Å². The second-order valence-corrected chi connectivity index (χ2v) is 7.23. The van der Waals surface area contributed by atoms with Crippen LogP contribution >= 0.6 is 23.2 Å². The van der Waals surface area contributed by atoms with Gasteiger partial charge < -0.3 is 10.6 Å². The van der Waals surface area contributed by atoms with Gasteiger partial charge in [0.25, 0.3) is 0 Å². The van der Waals surface area contributed by atoms with Crippen LogP contribution in [0, 0.1) is 11.7 Å². The lowest BCUT2D eigenvalue weighted by Gasteiger charge is -2.22. The lowest BCUT2D eigenvalue weighted by molar-refractivity contribution is -0.125. The van der Waals surface area contributed by atoms with E-state index in [2.05, 4.69) is 10.6 Å². The second kappa shape index (κ2) is 7.73. The molecule has 1 aliphatic rings. The molecule has 3 rings (SSSR count). The molecule has 2 aromatic rings. The normalized spacial score (nSPS) is 21.1. The van der Waals surface area contributed by atoms with Crippen molar-refractivity contribution >= 4 is 29.1 Å². The molecular weight excluding hydrogens is 362 g/mol. The summed E-state index contributed by atoms with van der Waals surface area (Å²) in [5.74, 6) is -0.530. The summed E-state index contributed by atoms with van der Waals surface area (Å²) in [4.78, 5) is 12.8. The van der Waals surface area contributed by atoms with Crippen LogP contribution in [0.15, 0.2) is 42.5 Å². The van der Waals surface area contributed by atoms with Gasteiger partial charge >= 0.3 is 0 Å². The van der Waals surface area contributed by atoms with Gasteiger partial charge in [0.15, 0.2) is 0 Å². The molecule has 1 heterocycles. The smallest absolute Gasteiger partial charge is 0.225 e. The SMILES string of the molecule is C[C@H](NC(=O)[C@@H]1CNC[C@H]1c1cc(Cl)cc(Cl)c1)c1ccc(F)cc1. The van der Waals surface area contributed by atoms with Crippen molar-refractivity contribution in [2.24, 2.45) is 5.92 Å². The first-order valence-electron chi connectivity index (χ1n) is 8.16. The maximum absolute atomic E-state index is 13.0. The molecule has 0 radical (unpaired) electrons. The van der Waals surface area contributed by atoms with Crippen LogP contribution in [0.25, 0.3) is 0 Å². The lowest BCUT2D eigenvalue weighted by Crippen LogP contribution is -2.36. The fraction of sp³-hybridized carbons (Fsp3) is 0.316. The minimum Gasteiger partial charge on any atom is -0.349 e. The van der Waals surface area contributed by atoms with Crippen LogP contribution in [0.5, 0.6) is 0 Å². The van der Waals surface area contributed by atoms with Crippen LogP contribution in [0.4, 0.5) is 4.39 Å². The summed E-state index contributed by atoms with van der Waals surface area (Å²) in [6.45, 7) is 3.18. The molecule has 25 heavy (non-hydrogen) atoms. The third-order valence-corrected chi connectivity index (χ3v) is 5.03. The number of amides is 1. The summed E-state index contributed by atoms with van der Waals surface area (Å²) < 4.78 is 13.0. The zero-order valence-corrected chi connectivity index (χ0v) is 15.2. The van der Waals surface area contributed by atoms with E-state index in [1.807, 2.05) is 19.1 Å². The number of nitrogens with one attached hydrogen (secondary N) is 2. The van der Waals surface area contributed by atoms with Gasteiger partial charge in [-0.3, -0.25) is 4.79 Å². The van der Waals surface area contributed by atoms with Gasteiger partial charge in [0.1, 0.15) is 5.82 Å². The fourth-order valence-corrected chi connectivity index (χ4v) is 3.79. The molecule has 0 spiro atoms. The molecule has 1 amide bonds. The van der Waals surface area contributed by atoms with Crippen LogP contribution in [-0.2, 0) is 4.79 Å². The highest BCUT2D eigenvalue weighted by Crippen LogP contribution is 2.32. The van der Waals surface area contributed by atoms with Gasteiger partial charge in [-0.05, 0) is 48.4 Å². The highest BCUT2D eigenvalue weighted by molar-refractivity contribution is 6.34. The highest BCUT2D eigenvalue weighted by atomic mass is 35.5. The molecule has 1 saturated heterocycles. The summed E-state index contributed by atoms with van der Waals surface area (Å²) in [5.41, 5.74) is 1.82. The first-order valence-corrected chi connectivity index (χ1v) is 8.92. The molecule has 1 aliphatic heterocycles. The predicted octanol–water partition coefficient (Wildman–Crippen LogP) is 4.31. The van der Waals surface area contributed by atoms with Crippen molar-refractivity contribution in [2.75, 3.05) is 13.1 Å². The largest absolute Gasteiger partial charge is 0.349 e. The Bertz CT molecular complexity index is 746. The minimum atomic E-state index is -0.292. The van der Waals surface area contributed by atoms with Crippen molar-refractivity contribution in [2.45, 2.75) is 18.9 Å². The molecule has 0 saturated carbocycles. The van der Waals surface area contributed by atoms with Gasteiger partial charge in [-0.15, -0.1) is 0 Å². The van der Waals surface area contributed by atoms with Gasteiger partial charge in [-0.1, -0.05) is 35.3 Å². The van der Waals surface area contributed by atoms with Crippen LogP contribution in [0.1, 0.15) is 30.0 Å². The third kappa shape index (κ3) is 4.32. The van der Waals surface area contributed by atoms with Crippen molar-refractivity contribution in [3.63, 3.8) is 0 Å². The Hall–Kier alpha value is -1.62. The fourth-order valence-electron chi connectivity index (χ4n) is 3.25. The van der Waals surface area contributed by atoms with Gasteiger partial charge in [0.05, 0.1) is 12.0 Å². The van der Waals surface area contributed by atoms with Gasteiger partial charge in [0.2, 0.25) is 5.91 Å². The average Bonchev–Trinajstić information content (AvgIpc) is 3.04. The maximum atomic E-state index is 13.0. The third-order valence-electron chi connectivity index (χ3n) is 4.59. The topological polar surface area (TPSA) is 41.1 Å². The Labute approximate surface area is 156 Å². The number of hydrogen-bond donors (Lipinski definition) is 2. The maximum Gasteiger partial charge on any atom is 0.225 e. The van der Waals surface area contributed by atoms with Crippen LogP contribution in [0.3, 0.4) is 0 Å². The molecular formula is C19H19Cl2FN2O. The monoisotopic (exact) mass is 380 g/mol. The summed E-state index contributed by atoms with van der Waals surface area (Å²) in [6, 6.07) is 11.3. The molecule has 1 fully saturated rings. The van der Waals surface area contributed by atoms with Crippen molar-refractivity contribution in [3.8, 4) is 0 Å². The zero-order valence-electron chi connectivity index (χ0n) is 13.7. The quantitative estimate of drug-likeness (QED) is 0.829. The van der Waals surface area contributed by atoms with E-state index >= 15 is 0 Å². The number of benzene rings is 2. The molecule has 0 bridgehead atoms. The van der Waals surface area contributed by atoms with Gasteiger partial charge in [-0.2, -0.15) is 0 Å². The highest BCUT2D eigenvalue weighted by Gasteiger charge is 2.34. The number of carbonyl (C=O) groups is 1. The molecule has 3 nitrogen and oxygen atoms in total. The Kier molecular flexibility index (Phi) is 5.62. The Morgan fingerprint density at radius 3 is 2.44 bits per heavy atom. The molecule has 2 N–H and O–H groups in total. The Morgan fingerprint density at radius 2 is 1.80 bits per heavy atom.